The average molecular weight is 431 g/mol. The summed E-state index contributed by atoms with van der Waals surface area (Å²) in [6, 6.07) is 14.5. The molecule has 3 aromatic heterocycles. The van der Waals surface area contributed by atoms with Gasteiger partial charge >= 0.3 is 0 Å². The standard InChI is InChI=1S/C26H26N2O2S/c1-25(2,3)16-7-9-20-18(12-16)27-23(29-20)15-11-22(31-14-15)24-28-19-13-17(26(4,5)6)8-10-21(19)30-24/h7-14H,1-6H3. The van der Waals surface area contributed by atoms with E-state index in [2.05, 4.69) is 65.8 Å². The predicted molar refractivity (Wildman–Crippen MR) is 128 cm³/mol. The van der Waals surface area contributed by atoms with Crippen LogP contribution in [0.15, 0.2) is 56.7 Å². The van der Waals surface area contributed by atoms with Crippen molar-refractivity contribution in [3.05, 3.63) is 59.0 Å². The lowest BCUT2D eigenvalue weighted by Gasteiger charge is -2.18. The van der Waals surface area contributed by atoms with Crippen LogP contribution in [-0.2, 0) is 10.8 Å². The summed E-state index contributed by atoms with van der Waals surface area (Å²) in [7, 11) is 0. The fourth-order valence-corrected chi connectivity index (χ4v) is 4.38. The van der Waals surface area contributed by atoms with Crippen molar-refractivity contribution in [2.45, 2.75) is 52.4 Å². The summed E-state index contributed by atoms with van der Waals surface area (Å²) in [5, 5.41) is 2.04. The molecule has 0 fully saturated rings. The SMILES string of the molecule is CC(C)(C)c1ccc2oc(-c3csc(-c4nc5cc(C(C)(C)C)ccc5o4)c3)nc2c1. The molecule has 0 bridgehead atoms. The first-order valence-electron chi connectivity index (χ1n) is 10.5. The Morgan fingerprint density at radius 3 is 1.74 bits per heavy atom. The molecular formula is C26H26N2O2S. The third kappa shape index (κ3) is 3.68. The monoisotopic (exact) mass is 430 g/mol. The highest BCUT2D eigenvalue weighted by Crippen LogP contribution is 2.36. The zero-order valence-corrected chi connectivity index (χ0v) is 19.6. The molecule has 0 amide bonds. The van der Waals surface area contributed by atoms with E-state index in [1.807, 2.05) is 23.6 Å². The fraction of sp³-hybridized carbons (Fsp3) is 0.308. The van der Waals surface area contributed by atoms with Gasteiger partial charge in [0.2, 0.25) is 11.8 Å². The maximum absolute atomic E-state index is 6.03. The van der Waals surface area contributed by atoms with E-state index < -0.39 is 0 Å². The number of fused-ring (bicyclic) bond motifs is 2. The molecule has 4 nitrogen and oxygen atoms in total. The lowest BCUT2D eigenvalue weighted by molar-refractivity contribution is 0.589. The lowest BCUT2D eigenvalue weighted by Crippen LogP contribution is -2.10. The van der Waals surface area contributed by atoms with E-state index in [1.165, 1.54) is 11.1 Å². The maximum atomic E-state index is 6.03. The van der Waals surface area contributed by atoms with Crippen LogP contribution in [0.3, 0.4) is 0 Å². The van der Waals surface area contributed by atoms with Crippen molar-refractivity contribution in [2.24, 2.45) is 0 Å². The Labute approximate surface area is 185 Å². The van der Waals surface area contributed by atoms with Gasteiger partial charge in [0.15, 0.2) is 11.2 Å². The van der Waals surface area contributed by atoms with Gasteiger partial charge in [0.05, 0.1) is 4.88 Å². The summed E-state index contributed by atoms with van der Waals surface area (Å²) in [5.74, 6) is 1.25. The molecule has 0 saturated carbocycles. The molecule has 0 unspecified atom stereocenters. The average Bonchev–Trinajstić information content (AvgIpc) is 3.41. The minimum absolute atomic E-state index is 0.0721. The van der Waals surface area contributed by atoms with E-state index >= 15 is 0 Å². The summed E-state index contributed by atoms with van der Waals surface area (Å²) in [6.07, 6.45) is 0. The second-order valence-electron chi connectivity index (χ2n) is 10.1. The van der Waals surface area contributed by atoms with Crippen LogP contribution in [0.5, 0.6) is 0 Å². The van der Waals surface area contributed by atoms with E-state index in [9.17, 15) is 0 Å². The van der Waals surface area contributed by atoms with Crippen molar-refractivity contribution in [1.29, 1.82) is 0 Å². The Bertz CT molecular complexity index is 1300. The van der Waals surface area contributed by atoms with Crippen molar-refractivity contribution in [3.8, 4) is 22.2 Å². The lowest BCUT2D eigenvalue weighted by atomic mass is 9.87. The van der Waals surface area contributed by atoms with Crippen LogP contribution in [0.4, 0.5) is 0 Å². The largest absolute Gasteiger partial charge is 0.436 e. The van der Waals surface area contributed by atoms with Gasteiger partial charge in [-0.2, -0.15) is 0 Å². The van der Waals surface area contributed by atoms with Gasteiger partial charge in [-0.1, -0.05) is 53.7 Å². The molecule has 5 heteroatoms. The Balaban J connectivity index is 1.50. The Kier molecular flexibility index (Phi) is 4.38. The van der Waals surface area contributed by atoms with Gasteiger partial charge in [-0.15, -0.1) is 11.3 Å². The molecule has 0 aliphatic rings. The molecule has 0 radical (unpaired) electrons. The Hall–Kier alpha value is -2.92. The number of hydrogen-bond acceptors (Lipinski definition) is 5. The number of hydrogen-bond donors (Lipinski definition) is 0. The number of aromatic nitrogens is 2. The second kappa shape index (κ2) is 6.79. The number of benzene rings is 2. The number of rotatable bonds is 2. The molecule has 0 aliphatic carbocycles. The van der Waals surface area contributed by atoms with Crippen molar-refractivity contribution in [1.82, 2.24) is 9.97 Å². The number of nitrogens with zero attached hydrogens (tertiary/aromatic N) is 2. The Morgan fingerprint density at radius 1 is 0.677 bits per heavy atom. The fourth-order valence-electron chi connectivity index (χ4n) is 3.58. The normalized spacial score (nSPS) is 12.8. The van der Waals surface area contributed by atoms with Crippen molar-refractivity contribution in [3.63, 3.8) is 0 Å². The highest BCUT2D eigenvalue weighted by Gasteiger charge is 2.19. The van der Waals surface area contributed by atoms with Crippen LogP contribution in [0.1, 0.15) is 52.7 Å². The minimum atomic E-state index is 0.0721. The summed E-state index contributed by atoms with van der Waals surface area (Å²) < 4.78 is 12.1. The van der Waals surface area contributed by atoms with E-state index in [1.54, 1.807) is 11.3 Å². The quantitative estimate of drug-likeness (QED) is 0.285. The van der Waals surface area contributed by atoms with Gasteiger partial charge in [0.1, 0.15) is 11.0 Å². The molecule has 0 atom stereocenters. The second-order valence-corrected chi connectivity index (χ2v) is 11.0. The molecular weight excluding hydrogens is 404 g/mol. The number of oxazole rings is 2. The first-order chi connectivity index (χ1) is 14.6. The number of thiophene rings is 1. The van der Waals surface area contributed by atoms with E-state index in [-0.39, 0.29) is 10.8 Å². The van der Waals surface area contributed by atoms with Crippen molar-refractivity contribution >= 4 is 33.5 Å². The highest BCUT2D eigenvalue weighted by atomic mass is 32.1. The maximum Gasteiger partial charge on any atom is 0.237 e. The summed E-state index contributed by atoms with van der Waals surface area (Å²) >= 11 is 1.58. The van der Waals surface area contributed by atoms with E-state index in [4.69, 9.17) is 18.8 Å². The molecule has 0 N–H and O–H groups in total. The van der Waals surface area contributed by atoms with Crippen LogP contribution in [0, 0.1) is 0 Å². The van der Waals surface area contributed by atoms with Gasteiger partial charge in [0, 0.05) is 10.9 Å². The molecule has 5 aromatic rings. The summed E-state index contributed by atoms with van der Waals surface area (Å²) in [4.78, 5) is 10.4. The van der Waals surface area contributed by atoms with Gasteiger partial charge in [-0.3, -0.25) is 0 Å². The highest BCUT2D eigenvalue weighted by molar-refractivity contribution is 7.13. The summed E-state index contributed by atoms with van der Waals surface area (Å²) in [5.41, 5.74) is 6.93. The molecule has 2 aromatic carbocycles. The molecule has 0 spiro atoms. The van der Waals surface area contributed by atoms with E-state index in [0.29, 0.717) is 11.8 Å². The molecule has 0 saturated heterocycles. The molecule has 158 valence electrons. The zero-order chi connectivity index (χ0) is 22.0. The molecule has 3 heterocycles. The van der Waals surface area contributed by atoms with Gasteiger partial charge in [-0.25, -0.2) is 9.97 Å². The third-order valence-corrected chi connectivity index (χ3v) is 6.48. The topological polar surface area (TPSA) is 52.1 Å². The van der Waals surface area contributed by atoms with Crippen LogP contribution >= 0.6 is 11.3 Å². The van der Waals surface area contributed by atoms with Crippen LogP contribution < -0.4 is 0 Å². The molecule has 0 aliphatic heterocycles. The third-order valence-electron chi connectivity index (χ3n) is 5.56. The first-order valence-corrected chi connectivity index (χ1v) is 11.4. The predicted octanol–water partition coefficient (Wildman–Crippen LogP) is 7.96. The Morgan fingerprint density at radius 2 is 1.19 bits per heavy atom. The van der Waals surface area contributed by atoms with Crippen molar-refractivity contribution < 1.29 is 8.83 Å². The van der Waals surface area contributed by atoms with Crippen LogP contribution in [-0.4, -0.2) is 9.97 Å². The van der Waals surface area contributed by atoms with Crippen LogP contribution in [0.2, 0.25) is 0 Å². The first kappa shape index (κ1) is 20.0. The van der Waals surface area contributed by atoms with Crippen molar-refractivity contribution in [2.75, 3.05) is 0 Å². The van der Waals surface area contributed by atoms with Gasteiger partial charge in [0.25, 0.3) is 0 Å². The van der Waals surface area contributed by atoms with Crippen LogP contribution in [0.25, 0.3) is 44.4 Å². The van der Waals surface area contributed by atoms with Gasteiger partial charge < -0.3 is 8.83 Å². The van der Waals surface area contributed by atoms with E-state index in [0.717, 1.165) is 32.6 Å². The molecule has 5 rings (SSSR count). The minimum Gasteiger partial charge on any atom is -0.436 e. The summed E-state index contributed by atoms with van der Waals surface area (Å²) in [6.45, 7) is 13.2. The van der Waals surface area contributed by atoms with Gasteiger partial charge in [-0.05, 0) is 52.3 Å². The zero-order valence-electron chi connectivity index (χ0n) is 18.7. The molecule has 31 heavy (non-hydrogen) atoms. The smallest absolute Gasteiger partial charge is 0.237 e.